The van der Waals surface area contributed by atoms with E-state index in [1.165, 1.54) is 17.6 Å². The molecule has 1 saturated heterocycles. The Morgan fingerprint density at radius 2 is 2.14 bits per heavy atom. The molecule has 2 aromatic heterocycles. The summed E-state index contributed by atoms with van der Waals surface area (Å²) in [5, 5.41) is 16.2. The molecule has 0 saturated carbocycles. The Hall–Kier alpha value is -3.30. The third kappa shape index (κ3) is 3.96. The molecule has 4 rings (SSSR count). The van der Waals surface area contributed by atoms with E-state index in [2.05, 4.69) is 25.5 Å². The lowest BCUT2D eigenvalue weighted by Crippen LogP contribution is -2.43. The Morgan fingerprint density at radius 1 is 1.31 bits per heavy atom. The Kier molecular flexibility index (Phi) is 5.50. The molecule has 0 spiro atoms. The Balaban J connectivity index is 1.57. The van der Waals surface area contributed by atoms with Crippen molar-refractivity contribution in [1.29, 1.82) is 5.41 Å². The van der Waals surface area contributed by atoms with E-state index < -0.39 is 0 Å². The van der Waals surface area contributed by atoms with Crippen LogP contribution in [0.5, 0.6) is 0 Å². The lowest BCUT2D eigenvalue weighted by molar-refractivity contribution is 0.102. The monoisotopic (exact) mass is 407 g/mol. The number of piperazine rings is 1. The molecule has 0 atom stereocenters. The number of nitrogens with one attached hydrogen (secondary N) is 3. The third-order valence-electron chi connectivity index (χ3n) is 4.76. The van der Waals surface area contributed by atoms with E-state index in [1.807, 2.05) is 18.2 Å². The Morgan fingerprint density at radius 3 is 2.93 bits per heavy atom. The first kappa shape index (κ1) is 19.0. The molecule has 0 bridgehead atoms. The maximum atomic E-state index is 12.8. The summed E-state index contributed by atoms with van der Waals surface area (Å²) in [7, 11) is 0. The van der Waals surface area contributed by atoms with Gasteiger partial charge >= 0.3 is 0 Å². The first-order chi connectivity index (χ1) is 14.2. The summed E-state index contributed by atoms with van der Waals surface area (Å²) in [5.74, 6) is -0.294. The minimum atomic E-state index is -0.294. The fourth-order valence-electron chi connectivity index (χ4n) is 3.28. The highest BCUT2D eigenvalue weighted by atomic mass is 32.1. The van der Waals surface area contributed by atoms with E-state index in [0.717, 1.165) is 37.4 Å². The molecule has 1 aliphatic rings. The molecule has 0 aliphatic carbocycles. The molecule has 1 aliphatic heterocycles. The number of thiazole rings is 1. The van der Waals surface area contributed by atoms with Crippen LogP contribution in [0.25, 0.3) is 10.6 Å². The van der Waals surface area contributed by atoms with E-state index in [-0.39, 0.29) is 5.91 Å². The molecule has 0 unspecified atom stereocenters. The number of amides is 1. The number of hydrogen-bond donors (Lipinski definition) is 4. The minimum absolute atomic E-state index is 0.294. The number of nitrogen functional groups attached to an aromatic ring is 1. The van der Waals surface area contributed by atoms with Crippen molar-refractivity contribution in [2.75, 3.05) is 42.1 Å². The SMILES string of the molecule is N=Cc1c(N)cccc1-c1nc(C(=O)Nc2cnccc2N2CCNCC2)cs1. The van der Waals surface area contributed by atoms with Crippen LogP contribution in [-0.4, -0.2) is 48.3 Å². The van der Waals surface area contributed by atoms with E-state index in [1.54, 1.807) is 23.8 Å². The molecule has 1 amide bonds. The van der Waals surface area contributed by atoms with Gasteiger partial charge in [-0.15, -0.1) is 11.3 Å². The van der Waals surface area contributed by atoms with E-state index in [0.29, 0.717) is 27.6 Å². The van der Waals surface area contributed by atoms with Crippen molar-refractivity contribution in [2.45, 2.75) is 0 Å². The largest absolute Gasteiger partial charge is 0.398 e. The van der Waals surface area contributed by atoms with Crippen molar-refractivity contribution in [3.05, 3.63) is 53.3 Å². The second-order valence-corrected chi connectivity index (χ2v) is 7.43. The number of carbonyl (C=O) groups excluding carboxylic acids is 1. The Labute approximate surface area is 172 Å². The molecule has 0 radical (unpaired) electrons. The van der Waals surface area contributed by atoms with Crippen LogP contribution >= 0.6 is 11.3 Å². The van der Waals surface area contributed by atoms with Gasteiger partial charge in [0, 0.05) is 60.8 Å². The predicted octanol–water partition coefficient (Wildman–Crippen LogP) is 2.45. The summed E-state index contributed by atoms with van der Waals surface area (Å²) >= 11 is 1.35. The van der Waals surface area contributed by atoms with Gasteiger partial charge in [-0.2, -0.15) is 0 Å². The number of nitrogens with zero attached hydrogens (tertiary/aromatic N) is 3. The number of benzene rings is 1. The lowest BCUT2D eigenvalue weighted by atomic mass is 10.1. The molecule has 3 heterocycles. The predicted molar refractivity (Wildman–Crippen MR) is 117 cm³/mol. The zero-order chi connectivity index (χ0) is 20.2. The molecule has 148 valence electrons. The molecule has 3 aromatic rings. The summed E-state index contributed by atoms with van der Waals surface area (Å²) < 4.78 is 0. The first-order valence-electron chi connectivity index (χ1n) is 9.23. The van der Waals surface area contributed by atoms with Crippen molar-refractivity contribution in [3.63, 3.8) is 0 Å². The van der Waals surface area contributed by atoms with Crippen LogP contribution in [0.1, 0.15) is 16.1 Å². The van der Waals surface area contributed by atoms with Crippen LogP contribution in [0, 0.1) is 5.41 Å². The summed E-state index contributed by atoms with van der Waals surface area (Å²) in [5.41, 5.74) is 9.74. The van der Waals surface area contributed by atoms with E-state index in [9.17, 15) is 4.79 Å². The molecule has 1 fully saturated rings. The molecule has 29 heavy (non-hydrogen) atoms. The van der Waals surface area contributed by atoms with E-state index in [4.69, 9.17) is 11.1 Å². The summed E-state index contributed by atoms with van der Waals surface area (Å²) in [6.07, 6.45) is 4.60. The zero-order valence-corrected chi connectivity index (χ0v) is 16.5. The number of aromatic nitrogens is 2. The molecule has 1 aromatic carbocycles. The van der Waals surface area contributed by atoms with Crippen LogP contribution in [0.3, 0.4) is 0 Å². The summed E-state index contributed by atoms with van der Waals surface area (Å²) in [4.78, 5) is 23.7. The minimum Gasteiger partial charge on any atom is -0.398 e. The van der Waals surface area contributed by atoms with Crippen molar-refractivity contribution < 1.29 is 4.79 Å². The number of carbonyl (C=O) groups is 1. The smallest absolute Gasteiger partial charge is 0.275 e. The van der Waals surface area contributed by atoms with Gasteiger partial charge in [-0.05, 0) is 12.1 Å². The number of rotatable bonds is 5. The van der Waals surface area contributed by atoms with E-state index >= 15 is 0 Å². The van der Waals surface area contributed by atoms with Crippen LogP contribution in [0.4, 0.5) is 17.1 Å². The van der Waals surface area contributed by atoms with Crippen molar-refractivity contribution in [1.82, 2.24) is 15.3 Å². The molecule has 9 heteroatoms. The van der Waals surface area contributed by atoms with Gasteiger partial charge in [0.2, 0.25) is 0 Å². The first-order valence-corrected chi connectivity index (χ1v) is 10.1. The summed E-state index contributed by atoms with van der Waals surface area (Å²) in [6.45, 7) is 3.55. The fraction of sp³-hybridized carbons (Fsp3) is 0.200. The van der Waals surface area contributed by atoms with Gasteiger partial charge in [0.25, 0.3) is 5.91 Å². The number of anilines is 3. The average Bonchev–Trinajstić information content (AvgIpc) is 3.25. The highest BCUT2D eigenvalue weighted by molar-refractivity contribution is 7.13. The topological polar surface area (TPSA) is 120 Å². The van der Waals surface area contributed by atoms with Gasteiger partial charge in [-0.3, -0.25) is 9.78 Å². The molecular formula is C20H21N7OS. The highest BCUT2D eigenvalue weighted by Crippen LogP contribution is 2.30. The van der Waals surface area contributed by atoms with Crippen molar-refractivity contribution in [3.8, 4) is 10.6 Å². The van der Waals surface area contributed by atoms with Gasteiger partial charge in [0.15, 0.2) is 0 Å². The van der Waals surface area contributed by atoms with Crippen LogP contribution in [0.2, 0.25) is 0 Å². The average molecular weight is 408 g/mol. The van der Waals surface area contributed by atoms with Crippen LogP contribution < -0.4 is 21.3 Å². The van der Waals surface area contributed by atoms with Gasteiger partial charge in [0.1, 0.15) is 10.7 Å². The molecule has 8 nitrogen and oxygen atoms in total. The molecular weight excluding hydrogens is 386 g/mol. The number of hydrogen-bond acceptors (Lipinski definition) is 8. The standard InChI is InChI=1S/C20H21N7OS/c21-10-14-13(2-1-3-15(14)22)20-26-17(12-29-20)19(28)25-16-11-24-5-4-18(16)27-8-6-23-7-9-27/h1-5,10-12,21,23H,6-9,22H2,(H,25,28). The lowest BCUT2D eigenvalue weighted by Gasteiger charge is -2.30. The summed E-state index contributed by atoms with van der Waals surface area (Å²) in [6, 6.07) is 7.32. The quantitative estimate of drug-likeness (QED) is 0.381. The maximum absolute atomic E-state index is 12.8. The highest BCUT2D eigenvalue weighted by Gasteiger charge is 2.18. The number of pyridine rings is 1. The maximum Gasteiger partial charge on any atom is 0.275 e. The second-order valence-electron chi connectivity index (χ2n) is 6.57. The normalized spacial score (nSPS) is 13.9. The van der Waals surface area contributed by atoms with Gasteiger partial charge in [-0.1, -0.05) is 12.1 Å². The fourth-order valence-corrected chi connectivity index (χ4v) is 4.12. The molecule has 5 N–H and O–H groups in total. The van der Waals surface area contributed by atoms with Crippen LogP contribution in [-0.2, 0) is 0 Å². The van der Waals surface area contributed by atoms with Crippen molar-refractivity contribution in [2.24, 2.45) is 0 Å². The van der Waals surface area contributed by atoms with Gasteiger partial charge in [0.05, 0.1) is 17.6 Å². The van der Waals surface area contributed by atoms with Crippen molar-refractivity contribution >= 4 is 40.5 Å². The van der Waals surface area contributed by atoms with Crippen LogP contribution in [0.15, 0.2) is 42.0 Å². The Bertz CT molecular complexity index is 1040. The van der Waals surface area contributed by atoms with Gasteiger partial charge < -0.3 is 26.7 Å². The number of nitrogens with two attached hydrogens (primary N) is 1. The zero-order valence-electron chi connectivity index (χ0n) is 15.7. The third-order valence-corrected chi connectivity index (χ3v) is 5.63. The second kappa shape index (κ2) is 8.38. The van der Waals surface area contributed by atoms with Gasteiger partial charge in [-0.25, -0.2) is 4.98 Å².